The van der Waals surface area contributed by atoms with Gasteiger partial charge in [0.05, 0.1) is 19.8 Å². The van der Waals surface area contributed by atoms with E-state index in [1.807, 2.05) is 11.8 Å². The molecule has 0 amide bonds. The summed E-state index contributed by atoms with van der Waals surface area (Å²) in [4.78, 5) is 6.50. The van der Waals surface area contributed by atoms with E-state index in [2.05, 4.69) is 58.5 Å². The lowest BCUT2D eigenvalue weighted by molar-refractivity contribution is 0.0358. The van der Waals surface area contributed by atoms with E-state index in [-0.39, 0.29) is 0 Å². The van der Waals surface area contributed by atoms with Crippen LogP contribution in [0.2, 0.25) is 0 Å². The first-order valence-electron chi connectivity index (χ1n) is 11.8. The van der Waals surface area contributed by atoms with Crippen LogP contribution in [-0.2, 0) is 4.74 Å². The number of thioether (sulfide) groups is 1. The number of morpholine rings is 1. The predicted molar refractivity (Wildman–Crippen MR) is 127 cm³/mol. The molecule has 0 unspecified atom stereocenters. The molecule has 0 radical (unpaired) electrons. The first-order valence-corrected chi connectivity index (χ1v) is 13.0. The molecule has 0 aliphatic carbocycles. The van der Waals surface area contributed by atoms with Crippen LogP contribution in [0.5, 0.6) is 5.75 Å². The van der Waals surface area contributed by atoms with E-state index in [1.165, 1.54) is 41.0 Å². The summed E-state index contributed by atoms with van der Waals surface area (Å²) in [5, 5.41) is 0. The first-order chi connectivity index (χ1) is 15.3. The van der Waals surface area contributed by atoms with Gasteiger partial charge in [-0.2, -0.15) is 0 Å². The van der Waals surface area contributed by atoms with E-state index in [0.717, 1.165) is 58.2 Å². The molecular weight excluding hydrogens is 404 g/mol. The highest BCUT2D eigenvalue weighted by Gasteiger charge is 2.36. The topological polar surface area (TPSA) is 24.9 Å². The summed E-state index contributed by atoms with van der Waals surface area (Å²) in [6, 6.07) is 16.6. The van der Waals surface area contributed by atoms with Gasteiger partial charge in [-0.3, -0.25) is 9.80 Å². The zero-order chi connectivity index (χ0) is 21.0. The molecule has 0 aromatic heterocycles. The van der Waals surface area contributed by atoms with Crippen LogP contribution in [0, 0.1) is 0 Å². The fourth-order valence-electron chi connectivity index (χ4n) is 5.40. The maximum Gasteiger partial charge on any atom is 0.119 e. The highest BCUT2D eigenvalue weighted by molar-refractivity contribution is 7.98. The minimum Gasteiger partial charge on any atom is -0.494 e. The van der Waals surface area contributed by atoms with E-state index in [1.54, 1.807) is 0 Å². The van der Waals surface area contributed by atoms with E-state index in [0.29, 0.717) is 12.0 Å². The Morgan fingerprint density at radius 3 is 2.68 bits per heavy atom. The van der Waals surface area contributed by atoms with Gasteiger partial charge in [0.25, 0.3) is 0 Å². The summed E-state index contributed by atoms with van der Waals surface area (Å²) in [6.45, 7) is 8.06. The molecule has 166 valence electrons. The number of hydrogen-bond acceptors (Lipinski definition) is 5. The van der Waals surface area contributed by atoms with Gasteiger partial charge >= 0.3 is 0 Å². The zero-order valence-electron chi connectivity index (χ0n) is 18.6. The summed E-state index contributed by atoms with van der Waals surface area (Å²) >= 11 is 1.81. The maximum absolute atomic E-state index is 6.20. The molecule has 2 aromatic rings. The van der Waals surface area contributed by atoms with Crippen LogP contribution < -0.4 is 4.74 Å². The molecule has 0 saturated carbocycles. The summed E-state index contributed by atoms with van der Waals surface area (Å²) in [5.74, 6) is 1.49. The Morgan fingerprint density at radius 2 is 1.87 bits per heavy atom. The van der Waals surface area contributed by atoms with Crippen LogP contribution >= 0.6 is 11.8 Å². The van der Waals surface area contributed by atoms with Gasteiger partial charge in [0, 0.05) is 43.0 Å². The second-order valence-corrected chi connectivity index (χ2v) is 9.81. The molecule has 5 heteroatoms. The number of nitrogens with zero attached hydrogens (tertiary/aromatic N) is 2. The van der Waals surface area contributed by atoms with E-state index >= 15 is 0 Å². The molecule has 4 nitrogen and oxygen atoms in total. The minimum absolute atomic E-state index is 0.454. The van der Waals surface area contributed by atoms with Gasteiger partial charge in [0.2, 0.25) is 0 Å². The van der Waals surface area contributed by atoms with Crippen molar-refractivity contribution < 1.29 is 9.47 Å². The van der Waals surface area contributed by atoms with Crippen molar-refractivity contribution in [1.29, 1.82) is 0 Å². The van der Waals surface area contributed by atoms with Crippen molar-refractivity contribution in [3.05, 3.63) is 59.2 Å². The fraction of sp³-hybridized carbons (Fsp3) is 0.538. The Labute approximate surface area is 190 Å². The number of benzene rings is 2. The van der Waals surface area contributed by atoms with Crippen molar-refractivity contribution >= 4 is 11.8 Å². The summed E-state index contributed by atoms with van der Waals surface area (Å²) < 4.78 is 11.6. The fourth-order valence-corrected chi connectivity index (χ4v) is 5.81. The zero-order valence-corrected chi connectivity index (χ0v) is 19.4. The number of rotatable bonds is 7. The van der Waals surface area contributed by atoms with Crippen molar-refractivity contribution in [2.45, 2.75) is 36.1 Å². The average Bonchev–Trinajstić information content (AvgIpc) is 3.31. The quantitative estimate of drug-likeness (QED) is 0.457. The third-order valence-corrected chi connectivity index (χ3v) is 7.83. The van der Waals surface area contributed by atoms with Gasteiger partial charge in [-0.05, 0) is 73.0 Å². The third-order valence-electron chi connectivity index (χ3n) is 7.08. The van der Waals surface area contributed by atoms with Gasteiger partial charge in [0.15, 0.2) is 0 Å². The van der Waals surface area contributed by atoms with Crippen molar-refractivity contribution in [3.8, 4) is 5.75 Å². The molecule has 0 N–H and O–H groups in total. The monoisotopic (exact) mass is 438 g/mol. The van der Waals surface area contributed by atoms with Crippen molar-refractivity contribution in [3.63, 3.8) is 0 Å². The number of fused-ring (bicyclic) bond motifs is 3. The van der Waals surface area contributed by atoms with Crippen LogP contribution in [0.4, 0.5) is 0 Å². The molecule has 5 rings (SSSR count). The summed E-state index contributed by atoms with van der Waals surface area (Å²) in [6.07, 6.45) is 5.78. The summed E-state index contributed by atoms with van der Waals surface area (Å²) in [5.41, 5.74) is 4.43. The maximum atomic E-state index is 6.20. The van der Waals surface area contributed by atoms with Gasteiger partial charge in [-0.15, -0.1) is 11.8 Å². The molecule has 2 atom stereocenters. The standard InChI is InChI=1S/C26H34N2O2S/c1-31-22-8-5-20(6-9-22)25-19-28-12-2-4-26(28)24-18-21(7-10-23(24)25)30-15-3-11-27-13-16-29-17-14-27/h5-10,18,25-26H,2-4,11-17,19H2,1H3/t25-,26-/m0/s1. The van der Waals surface area contributed by atoms with Crippen LogP contribution in [0.1, 0.15) is 47.9 Å². The molecule has 2 saturated heterocycles. The molecule has 2 fully saturated rings. The van der Waals surface area contributed by atoms with Gasteiger partial charge in [0.1, 0.15) is 5.75 Å². The highest BCUT2D eigenvalue weighted by atomic mass is 32.2. The number of hydrogen-bond donors (Lipinski definition) is 0. The lowest BCUT2D eigenvalue weighted by Gasteiger charge is -2.37. The Bertz CT molecular complexity index is 866. The van der Waals surface area contributed by atoms with Gasteiger partial charge < -0.3 is 9.47 Å². The van der Waals surface area contributed by atoms with Crippen molar-refractivity contribution in [1.82, 2.24) is 9.80 Å². The Hall–Kier alpha value is -1.53. The Morgan fingerprint density at radius 1 is 1.03 bits per heavy atom. The largest absolute Gasteiger partial charge is 0.494 e. The SMILES string of the molecule is CSc1ccc([C@@H]2CN3CCC[C@H]3c3cc(OCCCN4CCOCC4)ccc32)cc1. The molecular formula is C26H34N2O2S. The lowest BCUT2D eigenvalue weighted by Crippen LogP contribution is -2.37. The predicted octanol–water partition coefficient (Wildman–Crippen LogP) is 4.79. The molecule has 3 aliphatic rings. The third kappa shape index (κ3) is 4.80. The second kappa shape index (κ2) is 9.95. The van der Waals surface area contributed by atoms with E-state index < -0.39 is 0 Å². The molecule has 2 aromatic carbocycles. The lowest BCUT2D eigenvalue weighted by atomic mass is 9.81. The van der Waals surface area contributed by atoms with Crippen molar-refractivity contribution in [2.75, 3.05) is 58.8 Å². The van der Waals surface area contributed by atoms with Crippen LogP contribution in [0.15, 0.2) is 47.4 Å². The Balaban J connectivity index is 1.29. The van der Waals surface area contributed by atoms with Gasteiger partial charge in [-0.25, -0.2) is 0 Å². The van der Waals surface area contributed by atoms with Crippen LogP contribution in [-0.4, -0.2) is 68.6 Å². The molecule has 0 bridgehead atoms. The average molecular weight is 439 g/mol. The van der Waals surface area contributed by atoms with E-state index in [4.69, 9.17) is 9.47 Å². The van der Waals surface area contributed by atoms with Gasteiger partial charge in [-0.1, -0.05) is 18.2 Å². The molecule has 0 spiro atoms. The van der Waals surface area contributed by atoms with Crippen LogP contribution in [0.3, 0.4) is 0 Å². The van der Waals surface area contributed by atoms with E-state index in [9.17, 15) is 0 Å². The minimum atomic E-state index is 0.454. The summed E-state index contributed by atoms with van der Waals surface area (Å²) in [7, 11) is 0. The normalized spacial score (nSPS) is 24.0. The number of ether oxygens (including phenoxy) is 2. The molecule has 3 heterocycles. The molecule has 31 heavy (non-hydrogen) atoms. The van der Waals surface area contributed by atoms with Crippen molar-refractivity contribution in [2.24, 2.45) is 0 Å². The second-order valence-electron chi connectivity index (χ2n) is 8.93. The van der Waals surface area contributed by atoms with Crippen LogP contribution in [0.25, 0.3) is 0 Å². The first kappa shape index (κ1) is 21.3. The highest BCUT2D eigenvalue weighted by Crippen LogP contribution is 2.45. The Kier molecular flexibility index (Phi) is 6.84. The molecule has 3 aliphatic heterocycles. The smallest absolute Gasteiger partial charge is 0.119 e.